The highest BCUT2D eigenvalue weighted by atomic mass is 16.2. The number of H-pyrrole nitrogens is 1. The highest BCUT2D eigenvalue weighted by molar-refractivity contribution is 5.78. The molecule has 1 aliphatic rings. The standard InChI is InChI=1S/C14H24N4O/c1-11-13(12(2)16-15-11)6-9-17(3)14(19)10-18-7-4-5-8-18/h4-10H2,1-3H3,(H,15,16). The smallest absolute Gasteiger partial charge is 0.236 e. The van der Waals surface area contributed by atoms with Gasteiger partial charge in [-0.1, -0.05) is 0 Å². The number of nitrogens with zero attached hydrogens (tertiary/aromatic N) is 3. The molecule has 0 atom stereocenters. The number of likely N-dealkylation sites (tertiary alicyclic amines) is 1. The molecule has 0 aromatic carbocycles. The van der Waals surface area contributed by atoms with Crippen molar-refractivity contribution < 1.29 is 4.79 Å². The summed E-state index contributed by atoms with van der Waals surface area (Å²) in [7, 11) is 1.89. The van der Waals surface area contributed by atoms with Gasteiger partial charge in [0.1, 0.15) is 0 Å². The fraction of sp³-hybridized carbons (Fsp3) is 0.714. The zero-order valence-corrected chi connectivity index (χ0v) is 12.2. The second-order valence-corrected chi connectivity index (χ2v) is 5.46. The number of likely N-dealkylation sites (N-methyl/N-ethyl adjacent to an activating group) is 1. The monoisotopic (exact) mass is 264 g/mol. The number of aromatic amines is 1. The van der Waals surface area contributed by atoms with Crippen molar-refractivity contribution in [1.82, 2.24) is 20.0 Å². The number of carbonyl (C=O) groups excluding carboxylic acids is 1. The van der Waals surface area contributed by atoms with Gasteiger partial charge in [0.05, 0.1) is 12.2 Å². The zero-order valence-electron chi connectivity index (χ0n) is 12.2. The molecule has 1 N–H and O–H groups in total. The molecule has 1 aromatic heterocycles. The maximum atomic E-state index is 12.1. The van der Waals surface area contributed by atoms with E-state index in [9.17, 15) is 4.79 Å². The number of aromatic nitrogens is 2. The van der Waals surface area contributed by atoms with Gasteiger partial charge in [0, 0.05) is 19.3 Å². The van der Waals surface area contributed by atoms with Gasteiger partial charge in [-0.05, 0) is 51.8 Å². The van der Waals surface area contributed by atoms with Crippen molar-refractivity contribution in [3.05, 3.63) is 17.0 Å². The maximum absolute atomic E-state index is 12.1. The van der Waals surface area contributed by atoms with Crippen molar-refractivity contribution in [3.63, 3.8) is 0 Å². The molecular weight excluding hydrogens is 240 g/mol. The van der Waals surface area contributed by atoms with E-state index in [2.05, 4.69) is 15.1 Å². The van der Waals surface area contributed by atoms with Gasteiger partial charge in [-0.2, -0.15) is 5.10 Å². The number of carbonyl (C=O) groups is 1. The molecule has 5 heteroatoms. The number of rotatable bonds is 5. The Labute approximate surface area is 115 Å². The Morgan fingerprint density at radius 2 is 2.05 bits per heavy atom. The Hall–Kier alpha value is -1.36. The van der Waals surface area contributed by atoms with E-state index in [0.717, 1.165) is 37.4 Å². The summed E-state index contributed by atoms with van der Waals surface area (Å²) in [4.78, 5) is 16.2. The molecule has 2 rings (SSSR count). The summed E-state index contributed by atoms with van der Waals surface area (Å²) in [6.07, 6.45) is 3.32. The second kappa shape index (κ2) is 6.19. The first-order chi connectivity index (χ1) is 9.08. The quantitative estimate of drug-likeness (QED) is 0.867. The third-order valence-electron chi connectivity index (χ3n) is 3.96. The first-order valence-electron chi connectivity index (χ1n) is 7.04. The lowest BCUT2D eigenvalue weighted by Crippen LogP contribution is -2.38. The van der Waals surface area contributed by atoms with Crippen LogP contribution in [0.4, 0.5) is 0 Å². The van der Waals surface area contributed by atoms with Crippen LogP contribution in [0.3, 0.4) is 0 Å². The van der Waals surface area contributed by atoms with Gasteiger partial charge in [-0.3, -0.25) is 14.8 Å². The van der Waals surface area contributed by atoms with Crippen molar-refractivity contribution in [2.24, 2.45) is 0 Å². The van der Waals surface area contributed by atoms with Crippen molar-refractivity contribution >= 4 is 5.91 Å². The fourth-order valence-electron chi connectivity index (χ4n) is 2.60. The van der Waals surface area contributed by atoms with E-state index in [-0.39, 0.29) is 5.91 Å². The summed E-state index contributed by atoms with van der Waals surface area (Å²) in [6, 6.07) is 0. The van der Waals surface area contributed by atoms with E-state index in [1.807, 2.05) is 25.8 Å². The average Bonchev–Trinajstić information content (AvgIpc) is 2.98. The van der Waals surface area contributed by atoms with E-state index >= 15 is 0 Å². The SMILES string of the molecule is Cc1n[nH]c(C)c1CCN(C)C(=O)CN1CCCC1. The summed E-state index contributed by atoms with van der Waals surface area (Å²) < 4.78 is 0. The Morgan fingerprint density at radius 3 is 2.63 bits per heavy atom. The lowest BCUT2D eigenvalue weighted by atomic mass is 10.1. The molecule has 1 aliphatic heterocycles. The molecule has 5 nitrogen and oxygen atoms in total. The van der Waals surface area contributed by atoms with Gasteiger partial charge in [-0.15, -0.1) is 0 Å². The summed E-state index contributed by atoms with van der Waals surface area (Å²) >= 11 is 0. The summed E-state index contributed by atoms with van der Waals surface area (Å²) in [6.45, 7) is 7.50. The lowest BCUT2D eigenvalue weighted by Gasteiger charge is -2.21. The molecule has 0 saturated carbocycles. The minimum atomic E-state index is 0.223. The van der Waals surface area contributed by atoms with E-state index in [1.54, 1.807) is 0 Å². The third kappa shape index (κ3) is 3.56. The molecule has 0 spiro atoms. The van der Waals surface area contributed by atoms with Gasteiger partial charge >= 0.3 is 0 Å². The van der Waals surface area contributed by atoms with Crippen molar-refractivity contribution in [3.8, 4) is 0 Å². The molecule has 0 unspecified atom stereocenters. The van der Waals surface area contributed by atoms with E-state index in [1.165, 1.54) is 18.4 Å². The van der Waals surface area contributed by atoms with Gasteiger partial charge in [-0.25, -0.2) is 0 Å². The Kier molecular flexibility index (Phi) is 4.58. The van der Waals surface area contributed by atoms with E-state index < -0.39 is 0 Å². The number of aryl methyl sites for hydroxylation is 2. The number of hydrogen-bond acceptors (Lipinski definition) is 3. The molecule has 19 heavy (non-hydrogen) atoms. The summed E-state index contributed by atoms with van der Waals surface area (Å²) in [5.74, 6) is 0.223. The Bertz CT molecular complexity index is 415. The van der Waals surface area contributed by atoms with Crippen LogP contribution in [-0.4, -0.2) is 59.1 Å². The molecular formula is C14H24N4O. The normalized spacial score (nSPS) is 15.9. The molecule has 1 saturated heterocycles. The first-order valence-corrected chi connectivity index (χ1v) is 7.04. The van der Waals surface area contributed by atoms with Crippen LogP contribution in [0.25, 0.3) is 0 Å². The zero-order chi connectivity index (χ0) is 13.8. The van der Waals surface area contributed by atoms with Crippen LogP contribution < -0.4 is 0 Å². The number of hydrogen-bond donors (Lipinski definition) is 1. The van der Waals surface area contributed by atoms with Crippen LogP contribution in [0.15, 0.2) is 0 Å². The number of nitrogens with one attached hydrogen (secondary N) is 1. The van der Waals surface area contributed by atoms with Crippen LogP contribution >= 0.6 is 0 Å². The van der Waals surface area contributed by atoms with E-state index in [0.29, 0.717) is 6.54 Å². The molecule has 1 fully saturated rings. The Balaban J connectivity index is 1.80. The molecule has 0 bridgehead atoms. The van der Waals surface area contributed by atoms with Crippen LogP contribution in [0.1, 0.15) is 29.8 Å². The summed E-state index contributed by atoms with van der Waals surface area (Å²) in [5, 5.41) is 7.17. The topological polar surface area (TPSA) is 52.2 Å². The average molecular weight is 264 g/mol. The first kappa shape index (κ1) is 14.1. The third-order valence-corrected chi connectivity index (χ3v) is 3.96. The van der Waals surface area contributed by atoms with Gasteiger partial charge in [0.15, 0.2) is 0 Å². The van der Waals surface area contributed by atoms with E-state index in [4.69, 9.17) is 0 Å². The molecule has 2 heterocycles. The van der Waals surface area contributed by atoms with Gasteiger partial charge < -0.3 is 4.90 Å². The molecule has 1 aromatic rings. The molecule has 1 amide bonds. The summed E-state index contributed by atoms with van der Waals surface area (Å²) in [5.41, 5.74) is 3.39. The van der Waals surface area contributed by atoms with Crippen LogP contribution in [-0.2, 0) is 11.2 Å². The highest BCUT2D eigenvalue weighted by Crippen LogP contribution is 2.11. The molecule has 0 radical (unpaired) electrons. The lowest BCUT2D eigenvalue weighted by molar-refractivity contribution is -0.130. The van der Waals surface area contributed by atoms with Crippen molar-refractivity contribution in [2.45, 2.75) is 33.1 Å². The maximum Gasteiger partial charge on any atom is 0.236 e. The van der Waals surface area contributed by atoms with Gasteiger partial charge in [0.25, 0.3) is 0 Å². The van der Waals surface area contributed by atoms with Gasteiger partial charge in [0.2, 0.25) is 5.91 Å². The predicted octanol–water partition coefficient (Wildman–Crippen LogP) is 1.12. The molecule has 0 aliphatic carbocycles. The molecule has 106 valence electrons. The minimum absolute atomic E-state index is 0.223. The van der Waals surface area contributed by atoms with Crippen molar-refractivity contribution in [1.29, 1.82) is 0 Å². The predicted molar refractivity (Wildman–Crippen MR) is 75.1 cm³/mol. The second-order valence-electron chi connectivity index (χ2n) is 5.46. The Morgan fingerprint density at radius 1 is 1.37 bits per heavy atom. The van der Waals surface area contributed by atoms with Crippen LogP contribution in [0, 0.1) is 13.8 Å². The van der Waals surface area contributed by atoms with Crippen LogP contribution in [0.2, 0.25) is 0 Å². The number of amides is 1. The fourth-order valence-corrected chi connectivity index (χ4v) is 2.60. The largest absolute Gasteiger partial charge is 0.344 e. The van der Waals surface area contributed by atoms with Crippen molar-refractivity contribution in [2.75, 3.05) is 33.2 Å². The minimum Gasteiger partial charge on any atom is -0.344 e. The van der Waals surface area contributed by atoms with Crippen LogP contribution in [0.5, 0.6) is 0 Å². The highest BCUT2D eigenvalue weighted by Gasteiger charge is 2.18.